The number of benzene rings is 2. The van der Waals surface area contributed by atoms with E-state index in [1.807, 2.05) is 26.0 Å². The van der Waals surface area contributed by atoms with Gasteiger partial charge >= 0.3 is 5.97 Å². The molecule has 0 aliphatic carbocycles. The number of hydrogen-bond donors (Lipinski definition) is 2. The first-order valence-corrected chi connectivity index (χ1v) is 11.8. The standard InChI is InChI=1S/C27H24N2O7S/c1-4-34-23-13-17(6-9-21(23)35-14-19-8-10-22(36-19)26(32)33)12-20-24(30)28-27(37)29(25(20)31)18-7-5-15(2)16(3)11-18/h5-13H,4,14H2,1-3H3,(H,32,33)(H,28,30,37). The number of thiocarbonyl (C=S) groups is 1. The van der Waals surface area contributed by atoms with Crippen molar-refractivity contribution in [1.82, 2.24) is 5.32 Å². The van der Waals surface area contributed by atoms with Crippen LogP contribution in [0.3, 0.4) is 0 Å². The van der Waals surface area contributed by atoms with Crippen molar-refractivity contribution in [2.45, 2.75) is 27.4 Å². The lowest BCUT2D eigenvalue weighted by molar-refractivity contribution is -0.122. The smallest absolute Gasteiger partial charge is 0.371 e. The first-order valence-electron chi connectivity index (χ1n) is 11.4. The highest BCUT2D eigenvalue weighted by atomic mass is 32.1. The molecule has 1 fully saturated rings. The fourth-order valence-corrected chi connectivity index (χ4v) is 3.93. The van der Waals surface area contributed by atoms with Crippen LogP contribution in [0.15, 0.2) is 58.5 Å². The molecule has 1 aliphatic heterocycles. The Morgan fingerprint density at radius 3 is 2.51 bits per heavy atom. The van der Waals surface area contributed by atoms with E-state index in [1.165, 1.54) is 23.1 Å². The molecular formula is C27H24N2O7S. The molecular weight excluding hydrogens is 496 g/mol. The van der Waals surface area contributed by atoms with Crippen LogP contribution in [0.5, 0.6) is 11.5 Å². The monoisotopic (exact) mass is 520 g/mol. The molecule has 3 aromatic rings. The average molecular weight is 521 g/mol. The molecule has 190 valence electrons. The Morgan fingerprint density at radius 2 is 1.84 bits per heavy atom. The molecule has 2 aromatic carbocycles. The molecule has 2 amide bonds. The summed E-state index contributed by atoms with van der Waals surface area (Å²) in [5.41, 5.74) is 3.07. The lowest BCUT2D eigenvalue weighted by Gasteiger charge is -2.29. The van der Waals surface area contributed by atoms with Gasteiger partial charge in [-0.05, 0) is 92.2 Å². The number of ether oxygens (including phenoxy) is 2. The number of nitrogens with one attached hydrogen (secondary N) is 1. The average Bonchev–Trinajstić information content (AvgIpc) is 3.33. The molecule has 1 aromatic heterocycles. The molecule has 1 aliphatic rings. The number of anilines is 1. The van der Waals surface area contributed by atoms with Crippen molar-refractivity contribution in [3.8, 4) is 11.5 Å². The van der Waals surface area contributed by atoms with Crippen LogP contribution in [0.4, 0.5) is 5.69 Å². The predicted molar refractivity (Wildman–Crippen MR) is 140 cm³/mol. The number of nitrogens with zero attached hydrogens (tertiary/aromatic N) is 1. The van der Waals surface area contributed by atoms with Gasteiger partial charge in [-0.15, -0.1) is 0 Å². The van der Waals surface area contributed by atoms with Gasteiger partial charge in [0.05, 0.1) is 12.3 Å². The quantitative estimate of drug-likeness (QED) is 0.255. The molecule has 2 N–H and O–H groups in total. The van der Waals surface area contributed by atoms with Gasteiger partial charge in [-0.2, -0.15) is 0 Å². The zero-order valence-corrected chi connectivity index (χ0v) is 21.2. The fourth-order valence-electron chi connectivity index (χ4n) is 3.64. The molecule has 0 spiro atoms. The van der Waals surface area contributed by atoms with Crippen molar-refractivity contribution in [2.24, 2.45) is 0 Å². The summed E-state index contributed by atoms with van der Waals surface area (Å²) in [6.45, 7) is 6.03. The third-order valence-corrected chi connectivity index (χ3v) is 5.96. The first kappa shape index (κ1) is 25.6. The molecule has 0 saturated carbocycles. The van der Waals surface area contributed by atoms with Crippen LogP contribution in [-0.4, -0.2) is 34.6 Å². The van der Waals surface area contributed by atoms with Crippen molar-refractivity contribution >= 4 is 46.9 Å². The summed E-state index contributed by atoms with van der Waals surface area (Å²) in [5, 5.41) is 11.6. The van der Waals surface area contributed by atoms with Gasteiger partial charge in [-0.3, -0.25) is 19.8 Å². The number of carboxylic acids is 1. The minimum atomic E-state index is -1.17. The molecule has 0 unspecified atom stereocenters. The summed E-state index contributed by atoms with van der Waals surface area (Å²) < 4.78 is 16.7. The summed E-state index contributed by atoms with van der Waals surface area (Å²) in [6, 6.07) is 13.3. The van der Waals surface area contributed by atoms with E-state index in [9.17, 15) is 14.4 Å². The number of carbonyl (C=O) groups is 3. The Morgan fingerprint density at radius 1 is 1.05 bits per heavy atom. The van der Waals surface area contributed by atoms with Crippen LogP contribution < -0.4 is 19.7 Å². The van der Waals surface area contributed by atoms with Gasteiger partial charge < -0.3 is 19.0 Å². The fraction of sp³-hybridized carbons (Fsp3) is 0.185. The Labute approximate surface area is 218 Å². The number of furan rings is 1. The first-order chi connectivity index (χ1) is 17.7. The van der Waals surface area contributed by atoms with Crippen molar-refractivity contribution < 1.29 is 33.4 Å². The zero-order chi connectivity index (χ0) is 26.7. The number of aryl methyl sites for hydroxylation is 2. The van der Waals surface area contributed by atoms with Crippen molar-refractivity contribution in [3.63, 3.8) is 0 Å². The maximum Gasteiger partial charge on any atom is 0.371 e. The van der Waals surface area contributed by atoms with E-state index in [-0.39, 0.29) is 23.1 Å². The highest BCUT2D eigenvalue weighted by Gasteiger charge is 2.34. The number of carbonyl (C=O) groups excluding carboxylic acids is 2. The number of carboxylic acid groups (broad SMARTS) is 1. The molecule has 0 bridgehead atoms. The van der Waals surface area contributed by atoms with Crippen molar-refractivity contribution in [2.75, 3.05) is 11.5 Å². The van der Waals surface area contributed by atoms with Gasteiger partial charge in [0.1, 0.15) is 17.9 Å². The summed E-state index contributed by atoms with van der Waals surface area (Å²) in [5.74, 6) is -1.39. The van der Waals surface area contributed by atoms with E-state index in [1.54, 1.807) is 31.2 Å². The van der Waals surface area contributed by atoms with Crippen LogP contribution in [0.2, 0.25) is 0 Å². The van der Waals surface area contributed by atoms with Gasteiger partial charge in [0.15, 0.2) is 16.6 Å². The van der Waals surface area contributed by atoms with Crippen LogP contribution >= 0.6 is 12.2 Å². The van der Waals surface area contributed by atoms with Gasteiger partial charge in [-0.25, -0.2) is 4.79 Å². The number of aromatic carboxylic acids is 1. The highest BCUT2D eigenvalue weighted by molar-refractivity contribution is 7.80. The normalized spacial score (nSPS) is 14.6. The summed E-state index contributed by atoms with van der Waals surface area (Å²) in [7, 11) is 0. The second-order valence-corrected chi connectivity index (χ2v) is 8.61. The Kier molecular flexibility index (Phi) is 7.40. The lowest BCUT2D eigenvalue weighted by Crippen LogP contribution is -2.54. The second-order valence-electron chi connectivity index (χ2n) is 8.23. The van der Waals surface area contributed by atoms with Crippen molar-refractivity contribution in [1.29, 1.82) is 0 Å². The second kappa shape index (κ2) is 10.7. The predicted octanol–water partition coefficient (Wildman–Crippen LogP) is 4.40. The Balaban J connectivity index is 1.60. The molecule has 9 nitrogen and oxygen atoms in total. The third-order valence-electron chi connectivity index (χ3n) is 5.67. The van der Waals surface area contributed by atoms with E-state index in [0.717, 1.165) is 11.1 Å². The van der Waals surface area contributed by atoms with E-state index in [0.29, 0.717) is 35.1 Å². The molecule has 1 saturated heterocycles. The number of amides is 2. The van der Waals surface area contributed by atoms with E-state index in [2.05, 4.69) is 5.32 Å². The third kappa shape index (κ3) is 5.54. The number of hydrogen-bond acceptors (Lipinski definition) is 7. The zero-order valence-electron chi connectivity index (χ0n) is 20.4. The van der Waals surface area contributed by atoms with E-state index >= 15 is 0 Å². The minimum Gasteiger partial charge on any atom is -0.490 e. The SMILES string of the molecule is CCOc1cc(C=C2C(=O)NC(=S)N(c3ccc(C)c(C)c3)C2=O)ccc1OCc1ccc(C(=O)O)o1. The minimum absolute atomic E-state index is 0.0122. The topological polar surface area (TPSA) is 118 Å². The van der Waals surface area contributed by atoms with Gasteiger partial charge in [0.2, 0.25) is 5.76 Å². The van der Waals surface area contributed by atoms with Crippen LogP contribution in [0.25, 0.3) is 6.08 Å². The lowest BCUT2D eigenvalue weighted by atomic mass is 10.0. The molecule has 0 atom stereocenters. The van der Waals surface area contributed by atoms with Crippen LogP contribution in [0, 0.1) is 13.8 Å². The van der Waals surface area contributed by atoms with Gasteiger partial charge in [-0.1, -0.05) is 12.1 Å². The van der Waals surface area contributed by atoms with Crippen LogP contribution in [0.1, 0.15) is 39.9 Å². The Bertz CT molecular complexity index is 1440. The highest BCUT2D eigenvalue weighted by Crippen LogP contribution is 2.31. The summed E-state index contributed by atoms with van der Waals surface area (Å²) >= 11 is 5.28. The largest absolute Gasteiger partial charge is 0.490 e. The van der Waals surface area contributed by atoms with E-state index in [4.69, 9.17) is 31.2 Å². The maximum atomic E-state index is 13.3. The Hall–Kier alpha value is -4.44. The van der Waals surface area contributed by atoms with Gasteiger partial charge in [0.25, 0.3) is 11.8 Å². The molecule has 4 rings (SSSR count). The molecule has 37 heavy (non-hydrogen) atoms. The van der Waals surface area contributed by atoms with Crippen LogP contribution in [-0.2, 0) is 16.2 Å². The molecule has 2 heterocycles. The number of rotatable bonds is 8. The summed E-state index contributed by atoms with van der Waals surface area (Å²) in [4.78, 5) is 38.3. The molecule has 0 radical (unpaired) electrons. The van der Waals surface area contributed by atoms with Crippen molar-refractivity contribution in [3.05, 3.63) is 82.3 Å². The molecule has 10 heteroatoms. The van der Waals surface area contributed by atoms with E-state index < -0.39 is 17.8 Å². The maximum absolute atomic E-state index is 13.3. The summed E-state index contributed by atoms with van der Waals surface area (Å²) in [6.07, 6.45) is 1.46. The van der Waals surface area contributed by atoms with Gasteiger partial charge in [0, 0.05) is 0 Å².